The van der Waals surface area contributed by atoms with Crippen molar-refractivity contribution in [1.82, 2.24) is 4.72 Å². The highest BCUT2D eigenvalue weighted by molar-refractivity contribution is 7.89. The van der Waals surface area contributed by atoms with Gasteiger partial charge in [-0.05, 0) is 13.3 Å². The third-order valence-corrected chi connectivity index (χ3v) is 3.93. The number of nitrogens with one attached hydrogen (secondary N) is 1. The maximum absolute atomic E-state index is 11.3. The van der Waals surface area contributed by atoms with Crippen LogP contribution in [0.1, 0.15) is 13.3 Å². The molecule has 0 aromatic rings. The van der Waals surface area contributed by atoms with Crippen LogP contribution in [0.3, 0.4) is 0 Å². The molecule has 0 bridgehead atoms. The Morgan fingerprint density at radius 2 is 2.31 bits per heavy atom. The van der Waals surface area contributed by atoms with Crippen LogP contribution in [0, 0.1) is 0 Å². The van der Waals surface area contributed by atoms with Crippen LogP contribution in [-0.4, -0.2) is 38.8 Å². The van der Waals surface area contributed by atoms with Gasteiger partial charge in [0.25, 0.3) is 0 Å². The molecule has 1 aliphatic heterocycles. The first-order chi connectivity index (χ1) is 5.97. The van der Waals surface area contributed by atoms with E-state index >= 15 is 0 Å². The molecular weight excluding hydrogens is 214 g/mol. The van der Waals surface area contributed by atoms with Gasteiger partial charge in [-0.1, -0.05) is 0 Å². The van der Waals surface area contributed by atoms with Gasteiger partial charge in [0.05, 0.1) is 17.9 Å². The lowest BCUT2D eigenvalue weighted by molar-refractivity contribution is 0.178. The van der Waals surface area contributed by atoms with Crippen LogP contribution in [0.25, 0.3) is 0 Å². The van der Waals surface area contributed by atoms with Crippen molar-refractivity contribution in [3.63, 3.8) is 0 Å². The van der Waals surface area contributed by atoms with E-state index < -0.39 is 15.6 Å². The smallest absolute Gasteiger partial charge is 0.213 e. The molecule has 1 rings (SSSR count). The predicted octanol–water partition coefficient (Wildman–Crippen LogP) is 0.324. The van der Waals surface area contributed by atoms with Crippen molar-refractivity contribution in [3.05, 3.63) is 0 Å². The monoisotopic (exact) mass is 227 g/mol. The normalized spacial score (nSPS) is 29.4. The topological polar surface area (TPSA) is 55.4 Å². The summed E-state index contributed by atoms with van der Waals surface area (Å²) in [5, 5.41) is 0. The number of alkyl halides is 1. The molecule has 1 aliphatic rings. The zero-order valence-electron chi connectivity index (χ0n) is 7.55. The molecule has 1 saturated heterocycles. The maximum Gasteiger partial charge on any atom is 0.213 e. The predicted molar refractivity (Wildman–Crippen MR) is 51.5 cm³/mol. The number of sulfonamides is 1. The van der Waals surface area contributed by atoms with Gasteiger partial charge >= 0.3 is 0 Å². The molecule has 1 heterocycles. The Morgan fingerprint density at radius 3 is 2.77 bits per heavy atom. The highest BCUT2D eigenvalue weighted by Crippen LogP contribution is 2.18. The first-order valence-corrected chi connectivity index (χ1v) is 6.31. The van der Waals surface area contributed by atoms with E-state index in [1.807, 2.05) is 6.92 Å². The Morgan fingerprint density at radius 1 is 1.62 bits per heavy atom. The number of hydrogen-bond acceptors (Lipinski definition) is 3. The third-order valence-electron chi connectivity index (χ3n) is 1.97. The minimum Gasteiger partial charge on any atom is -0.379 e. The van der Waals surface area contributed by atoms with Crippen LogP contribution >= 0.6 is 11.6 Å². The molecule has 0 aromatic heterocycles. The fourth-order valence-corrected chi connectivity index (χ4v) is 3.10. The van der Waals surface area contributed by atoms with Crippen molar-refractivity contribution in [3.8, 4) is 0 Å². The fraction of sp³-hybridized carbons (Fsp3) is 1.00. The standard InChI is InChI=1S/C7H14ClNO3S/c1-7(2-4-12-6-7)9-13(10,11)5-3-8/h9H,2-6H2,1H3. The molecule has 0 saturated carbocycles. The summed E-state index contributed by atoms with van der Waals surface area (Å²) in [5.74, 6) is 0.0798. The van der Waals surface area contributed by atoms with E-state index in [-0.39, 0.29) is 11.6 Å². The van der Waals surface area contributed by atoms with Crippen LogP contribution < -0.4 is 4.72 Å². The molecule has 6 heteroatoms. The lowest BCUT2D eigenvalue weighted by Crippen LogP contribution is -2.47. The van der Waals surface area contributed by atoms with Crippen molar-refractivity contribution >= 4 is 21.6 Å². The molecule has 0 spiro atoms. The van der Waals surface area contributed by atoms with Crippen molar-refractivity contribution in [2.45, 2.75) is 18.9 Å². The van der Waals surface area contributed by atoms with Gasteiger partial charge in [-0.15, -0.1) is 11.6 Å². The van der Waals surface area contributed by atoms with Gasteiger partial charge in [-0.3, -0.25) is 0 Å². The van der Waals surface area contributed by atoms with Gasteiger partial charge in [-0.2, -0.15) is 0 Å². The van der Waals surface area contributed by atoms with E-state index in [4.69, 9.17) is 16.3 Å². The van der Waals surface area contributed by atoms with Crippen LogP contribution in [0.15, 0.2) is 0 Å². The summed E-state index contributed by atoms with van der Waals surface area (Å²) in [4.78, 5) is 0. The number of rotatable bonds is 4. The first kappa shape index (κ1) is 11.2. The molecule has 1 N–H and O–H groups in total. The summed E-state index contributed by atoms with van der Waals surface area (Å²) in [5.41, 5.74) is -0.440. The van der Waals surface area contributed by atoms with Gasteiger partial charge in [0.2, 0.25) is 10.0 Å². The number of hydrogen-bond donors (Lipinski definition) is 1. The molecule has 0 aliphatic carbocycles. The van der Waals surface area contributed by atoms with Gasteiger partial charge in [0, 0.05) is 12.5 Å². The largest absolute Gasteiger partial charge is 0.379 e. The second-order valence-corrected chi connectivity index (χ2v) is 5.69. The summed E-state index contributed by atoms with van der Waals surface area (Å²) in [6, 6.07) is 0. The Hall–Kier alpha value is 0.160. The lowest BCUT2D eigenvalue weighted by atomic mass is 10.0. The highest BCUT2D eigenvalue weighted by Gasteiger charge is 2.33. The maximum atomic E-state index is 11.3. The molecule has 13 heavy (non-hydrogen) atoms. The summed E-state index contributed by atoms with van der Waals surface area (Å²) in [6.07, 6.45) is 0.717. The van der Waals surface area contributed by atoms with Gasteiger partial charge in [-0.25, -0.2) is 13.1 Å². The molecule has 0 aromatic carbocycles. The van der Waals surface area contributed by atoms with E-state index in [1.54, 1.807) is 0 Å². The zero-order chi connectivity index (χ0) is 9.95. The molecule has 1 unspecified atom stereocenters. The van der Waals surface area contributed by atoms with E-state index in [0.717, 1.165) is 0 Å². The summed E-state index contributed by atoms with van der Waals surface area (Å²) in [6.45, 7) is 2.89. The highest BCUT2D eigenvalue weighted by atomic mass is 35.5. The Kier molecular flexibility index (Phi) is 3.57. The quantitative estimate of drug-likeness (QED) is 0.704. The molecule has 78 valence electrons. The van der Waals surface area contributed by atoms with E-state index in [0.29, 0.717) is 19.6 Å². The number of ether oxygens (including phenoxy) is 1. The second kappa shape index (κ2) is 4.13. The Bertz CT molecular complexity index is 259. The fourth-order valence-electron chi connectivity index (χ4n) is 1.28. The average molecular weight is 228 g/mol. The van der Waals surface area contributed by atoms with Crippen molar-refractivity contribution in [1.29, 1.82) is 0 Å². The first-order valence-electron chi connectivity index (χ1n) is 4.13. The molecular formula is C7H14ClNO3S. The lowest BCUT2D eigenvalue weighted by Gasteiger charge is -2.22. The molecule has 0 amide bonds. The van der Waals surface area contributed by atoms with Gasteiger partial charge in [0.15, 0.2) is 0 Å². The number of halogens is 1. The van der Waals surface area contributed by atoms with Crippen LogP contribution in [0.4, 0.5) is 0 Å². The van der Waals surface area contributed by atoms with Gasteiger partial charge in [0.1, 0.15) is 0 Å². The Balaban J connectivity index is 2.56. The van der Waals surface area contributed by atoms with E-state index in [2.05, 4.69) is 4.72 Å². The minimum absolute atomic E-state index is 0.0376. The Labute approximate surface area is 83.7 Å². The average Bonchev–Trinajstić information content (AvgIpc) is 2.33. The van der Waals surface area contributed by atoms with E-state index in [1.165, 1.54) is 0 Å². The van der Waals surface area contributed by atoms with Crippen LogP contribution in [-0.2, 0) is 14.8 Å². The minimum atomic E-state index is -3.24. The van der Waals surface area contributed by atoms with Crippen LogP contribution in [0.2, 0.25) is 0 Å². The summed E-state index contributed by atoms with van der Waals surface area (Å²) in [7, 11) is -3.24. The second-order valence-electron chi connectivity index (χ2n) is 3.47. The summed E-state index contributed by atoms with van der Waals surface area (Å²) >= 11 is 5.37. The van der Waals surface area contributed by atoms with Crippen LogP contribution in [0.5, 0.6) is 0 Å². The van der Waals surface area contributed by atoms with E-state index in [9.17, 15) is 8.42 Å². The molecule has 1 atom stereocenters. The van der Waals surface area contributed by atoms with Crippen molar-refractivity contribution in [2.24, 2.45) is 0 Å². The molecule has 4 nitrogen and oxygen atoms in total. The summed E-state index contributed by atoms with van der Waals surface area (Å²) < 4.78 is 30.4. The SMILES string of the molecule is CC1(NS(=O)(=O)CCCl)CCOC1. The molecule has 1 fully saturated rings. The molecule has 0 radical (unpaired) electrons. The van der Waals surface area contributed by atoms with Crippen molar-refractivity contribution in [2.75, 3.05) is 24.8 Å². The third kappa shape index (κ3) is 3.42. The zero-order valence-corrected chi connectivity index (χ0v) is 9.12. The van der Waals surface area contributed by atoms with Gasteiger partial charge < -0.3 is 4.74 Å². The van der Waals surface area contributed by atoms with Crippen molar-refractivity contribution < 1.29 is 13.2 Å².